The molecule has 0 radical (unpaired) electrons. The predicted octanol–water partition coefficient (Wildman–Crippen LogP) is 2.01. The quantitative estimate of drug-likeness (QED) is 0.786. The first-order valence-electron chi connectivity index (χ1n) is 5.62. The van der Waals surface area contributed by atoms with Crippen molar-refractivity contribution in [3.63, 3.8) is 0 Å². The first-order chi connectivity index (χ1) is 8.83. The van der Waals surface area contributed by atoms with E-state index in [-0.39, 0.29) is 0 Å². The number of methoxy groups -OCH3 is 1. The van der Waals surface area contributed by atoms with E-state index in [9.17, 15) is 0 Å². The van der Waals surface area contributed by atoms with Crippen LogP contribution >= 0.6 is 0 Å². The standard InChI is InChI=1S/C13H14N4O/c1-18-6-5-15-13-8-12(16-17-13)11-4-2-3-10(7-11)9-14/h2-4,7-8H,5-6H2,1H3,(H2,15,16,17). The fourth-order valence-electron chi connectivity index (χ4n) is 1.60. The monoisotopic (exact) mass is 242 g/mol. The van der Waals surface area contributed by atoms with Gasteiger partial charge in [-0.3, -0.25) is 5.10 Å². The number of ether oxygens (including phenoxy) is 1. The Kier molecular flexibility index (Phi) is 3.94. The molecule has 2 rings (SSSR count). The summed E-state index contributed by atoms with van der Waals surface area (Å²) in [6, 6.07) is 11.4. The molecule has 18 heavy (non-hydrogen) atoms. The second-order valence-electron chi connectivity index (χ2n) is 3.78. The highest BCUT2D eigenvalue weighted by Crippen LogP contribution is 2.20. The third-order valence-corrected chi connectivity index (χ3v) is 2.49. The molecule has 5 nitrogen and oxygen atoms in total. The van der Waals surface area contributed by atoms with Crippen LogP contribution in [0.1, 0.15) is 5.56 Å². The van der Waals surface area contributed by atoms with Crippen molar-refractivity contribution in [1.29, 1.82) is 5.26 Å². The molecule has 0 spiro atoms. The van der Waals surface area contributed by atoms with Crippen molar-refractivity contribution in [2.45, 2.75) is 0 Å². The molecule has 1 aromatic carbocycles. The minimum Gasteiger partial charge on any atom is -0.383 e. The third-order valence-electron chi connectivity index (χ3n) is 2.49. The van der Waals surface area contributed by atoms with Gasteiger partial charge in [-0.1, -0.05) is 12.1 Å². The van der Waals surface area contributed by atoms with E-state index in [0.717, 1.165) is 17.1 Å². The summed E-state index contributed by atoms with van der Waals surface area (Å²) in [6.07, 6.45) is 0. The van der Waals surface area contributed by atoms with Gasteiger partial charge in [0.2, 0.25) is 0 Å². The van der Waals surface area contributed by atoms with Gasteiger partial charge in [-0.15, -0.1) is 0 Å². The molecule has 2 aromatic rings. The van der Waals surface area contributed by atoms with Crippen molar-refractivity contribution in [2.24, 2.45) is 0 Å². The van der Waals surface area contributed by atoms with E-state index in [1.807, 2.05) is 24.3 Å². The number of hydrogen-bond donors (Lipinski definition) is 2. The van der Waals surface area contributed by atoms with Gasteiger partial charge in [-0.25, -0.2) is 0 Å². The molecule has 0 aliphatic carbocycles. The maximum Gasteiger partial charge on any atom is 0.148 e. The van der Waals surface area contributed by atoms with E-state index in [1.54, 1.807) is 13.2 Å². The molecule has 0 saturated carbocycles. The molecular formula is C13H14N4O. The fourth-order valence-corrected chi connectivity index (χ4v) is 1.60. The zero-order valence-corrected chi connectivity index (χ0v) is 10.1. The Morgan fingerprint density at radius 2 is 2.33 bits per heavy atom. The Balaban J connectivity index is 2.11. The third kappa shape index (κ3) is 2.87. The molecular weight excluding hydrogens is 228 g/mol. The summed E-state index contributed by atoms with van der Waals surface area (Å²) in [4.78, 5) is 0. The minimum atomic E-state index is 0.631. The van der Waals surface area contributed by atoms with Gasteiger partial charge in [0, 0.05) is 25.3 Å². The topological polar surface area (TPSA) is 73.7 Å². The number of anilines is 1. The maximum atomic E-state index is 8.86. The van der Waals surface area contributed by atoms with Crippen LogP contribution in [0.2, 0.25) is 0 Å². The van der Waals surface area contributed by atoms with Crippen LogP contribution in [0, 0.1) is 11.3 Å². The van der Waals surface area contributed by atoms with E-state index in [2.05, 4.69) is 21.6 Å². The molecule has 0 saturated heterocycles. The lowest BCUT2D eigenvalue weighted by atomic mass is 10.1. The van der Waals surface area contributed by atoms with Crippen LogP contribution in [0.25, 0.3) is 11.3 Å². The number of aromatic amines is 1. The number of nitrogens with one attached hydrogen (secondary N) is 2. The Bertz CT molecular complexity index is 556. The molecule has 0 aliphatic heterocycles. The van der Waals surface area contributed by atoms with Crippen molar-refractivity contribution < 1.29 is 4.74 Å². The summed E-state index contributed by atoms with van der Waals surface area (Å²) in [5.41, 5.74) is 2.46. The van der Waals surface area contributed by atoms with Crippen LogP contribution in [-0.2, 0) is 4.74 Å². The van der Waals surface area contributed by atoms with Gasteiger partial charge in [-0.2, -0.15) is 10.4 Å². The van der Waals surface area contributed by atoms with Crippen LogP contribution in [0.15, 0.2) is 30.3 Å². The van der Waals surface area contributed by atoms with E-state index >= 15 is 0 Å². The molecule has 0 bridgehead atoms. The predicted molar refractivity (Wildman–Crippen MR) is 69.1 cm³/mol. The highest BCUT2D eigenvalue weighted by atomic mass is 16.5. The number of hydrogen-bond acceptors (Lipinski definition) is 4. The van der Waals surface area contributed by atoms with E-state index < -0.39 is 0 Å². The molecule has 1 heterocycles. The molecule has 92 valence electrons. The molecule has 0 atom stereocenters. The number of nitrogens with zero attached hydrogens (tertiary/aromatic N) is 2. The molecule has 0 amide bonds. The number of rotatable bonds is 5. The first-order valence-corrected chi connectivity index (χ1v) is 5.62. The minimum absolute atomic E-state index is 0.631. The summed E-state index contributed by atoms with van der Waals surface area (Å²) in [5, 5.41) is 19.1. The van der Waals surface area contributed by atoms with E-state index in [4.69, 9.17) is 10.00 Å². The molecule has 0 unspecified atom stereocenters. The van der Waals surface area contributed by atoms with Gasteiger partial charge in [0.1, 0.15) is 5.82 Å². The lowest BCUT2D eigenvalue weighted by molar-refractivity contribution is 0.210. The maximum absolute atomic E-state index is 8.86. The second kappa shape index (κ2) is 5.84. The summed E-state index contributed by atoms with van der Waals surface area (Å²) in [6.45, 7) is 1.34. The Hall–Kier alpha value is -2.32. The van der Waals surface area contributed by atoms with Gasteiger partial charge in [-0.05, 0) is 12.1 Å². The molecule has 0 aliphatic rings. The highest BCUT2D eigenvalue weighted by molar-refractivity contribution is 5.64. The number of aromatic nitrogens is 2. The average Bonchev–Trinajstić information content (AvgIpc) is 2.88. The largest absolute Gasteiger partial charge is 0.383 e. The van der Waals surface area contributed by atoms with Gasteiger partial charge in [0.15, 0.2) is 0 Å². The highest BCUT2D eigenvalue weighted by Gasteiger charge is 2.03. The lowest BCUT2D eigenvalue weighted by Gasteiger charge is -1.99. The Morgan fingerprint density at radius 1 is 1.44 bits per heavy atom. The van der Waals surface area contributed by atoms with Crippen molar-refractivity contribution >= 4 is 5.82 Å². The van der Waals surface area contributed by atoms with Crippen LogP contribution < -0.4 is 5.32 Å². The summed E-state index contributed by atoms with van der Waals surface area (Å²) >= 11 is 0. The SMILES string of the molecule is COCCNc1cc(-c2cccc(C#N)c2)[nH]n1. The van der Waals surface area contributed by atoms with E-state index in [0.29, 0.717) is 18.7 Å². The van der Waals surface area contributed by atoms with Crippen LogP contribution in [0.3, 0.4) is 0 Å². The van der Waals surface area contributed by atoms with Crippen molar-refractivity contribution in [2.75, 3.05) is 25.6 Å². The van der Waals surface area contributed by atoms with E-state index in [1.165, 1.54) is 0 Å². The van der Waals surface area contributed by atoms with Gasteiger partial charge in [0.05, 0.1) is 23.9 Å². The molecule has 1 aromatic heterocycles. The summed E-state index contributed by atoms with van der Waals surface area (Å²) in [7, 11) is 1.66. The number of H-pyrrole nitrogens is 1. The van der Waals surface area contributed by atoms with Crippen molar-refractivity contribution in [3.8, 4) is 17.3 Å². The molecule has 2 N–H and O–H groups in total. The molecule has 0 fully saturated rings. The van der Waals surface area contributed by atoms with Crippen LogP contribution in [0.4, 0.5) is 5.82 Å². The molecule has 5 heteroatoms. The zero-order chi connectivity index (χ0) is 12.8. The normalized spacial score (nSPS) is 10.0. The number of nitriles is 1. The lowest BCUT2D eigenvalue weighted by Crippen LogP contribution is -2.07. The van der Waals surface area contributed by atoms with Crippen LogP contribution in [-0.4, -0.2) is 30.5 Å². The van der Waals surface area contributed by atoms with Crippen molar-refractivity contribution in [3.05, 3.63) is 35.9 Å². The van der Waals surface area contributed by atoms with Crippen molar-refractivity contribution in [1.82, 2.24) is 10.2 Å². The number of benzene rings is 1. The van der Waals surface area contributed by atoms with Gasteiger partial charge >= 0.3 is 0 Å². The van der Waals surface area contributed by atoms with Gasteiger partial charge in [0.25, 0.3) is 0 Å². The van der Waals surface area contributed by atoms with Crippen LogP contribution in [0.5, 0.6) is 0 Å². The Morgan fingerprint density at radius 3 is 3.11 bits per heavy atom. The fraction of sp³-hybridized carbons (Fsp3) is 0.231. The Labute approximate surface area is 105 Å². The smallest absolute Gasteiger partial charge is 0.148 e. The zero-order valence-electron chi connectivity index (χ0n) is 10.1. The van der Waals surface area contributed by atoms with Gasteiger partial charge < -0.3 is 10.1 Å². The summed E-state index contributed by atoms with van der Waals surface area (Å²) in [5.74, 6) is 0.768. The average molecular weight is 242 g/mol. The second-order valence-corrected chi connectivity index (χ2v) is 3.78. The first kappa shape index (κ1) is 12.1. The summed E-state index contributed by atoms with van der Waals surface area (Å²) < 4.78 is 4.95.